The van der Waals surface area contributed by atoms with Gasteiger partial charge in [0.15, 0.2) is 11.6 Å². The number of benzene rings is 1. The predicted octanol–water partition coefficient (Wildman–Crippen LogP) is 2.95. The van der Waals surface area contributed by atoms with Crippen molar-refractivity contribution in [3.63, 3.8) is 0 Å². The Labute approximate surface area is 150 Å². The number of methoxy groups -OCH3 is 1. The summed E-state index contributed by atoms with van der Waals surface area (Å²) in [7, 11) is 1.39. The molecule has 1 unspecified atom stereocenters. The Morgan fingerprint density at radius 1 is 1.40 bits per heavy atom. The Kier molecular flexibility index (Phi) is 5.99. The van der Waals surface area contributed by atoms with Gasteiger partial charge < -0.3 is 14.5 Å². The monoisotopic (exact) mass is 364 g/mol. The average Bonchev–Trinajstić information content (AvgIpc) is 3.17. The molecule has 0 bridgehead atoms. The van der Waals surface area contributed by atoms with Crippen LogP contribution in [0.3, 0.4) is 0 Å². The van der Waals surface area contributed by atoms with Crippen molar-refractivity contribution in [2.75, 3.05) is 38.2 Å². The van der Waals surface area contributed by atoms with Gasteiger partial charge in [0.05, 0.1) is 25.7 Å². The summed E-state index contributed by atoms with van der Waals surface area (Å²) >= 11 is 1.93. The lowest BCUT2D eigenvalue weighted by Gasteiger charge is -2.34. The summed E-state index contributed by atoms with van der Waals surface area (Å²) in [6.07, 6.45) is 3.35. The number of furan rings is 1. The zero-order chi connectivity index (χ0) is 17.6. The molecule has 0 saturated carbocycles. The number of carbonyl (C=O) groups is 1. The van der Waals surface area contributed by atoms with Crippen molar-refractivity contribution in [2.45, 2.75) is 6.04 Å². The van der Waals surface area contributed by atoms with E-state index in [-0.39, 0.29) is 23.3 Å². The van der Waals surface area contributed by atoms with Gasteiger partial charge in [0.1, 0.15) is 0 Å². The molecule has 1 aliphatic rings. The lowest BCUT2D eigenvalue weighted by atomic mass is 10.1. The molecule has 1 amide bonds. The first-order valence-electron chi connectivity index (χ1n) is 8.14. The SMILES string of the molecule is COc1ccc(C(=O)NCC(c2ccoc2)N2CCSCC2)cc1F. The fourth-order valence-corrected chi connectivity index (χ4v) is 3.84. The number of thioether (sulfide) groups is 1. The van der Waals surface area contributed by atoms with Crippen LogP contribution < -0.4 is 10.1 Å². The standard InChI is InChI=1S/C18H21FN2O3S/c1-23-17-3-2-13(10-15(17)19)18(22)20-11-16(14-4-7-24-12-14)21-5-8-25-9-6-21/h2-4,7,10,12,16H,5-6,8-9,11H2,1H3,(H,20,22). The lowest BCUT2D eigenvalue weighted by Crippen LogP contribution is -2.41. The molecule has 2 aromatic rings. The minimum atomic E-state index is -0.547. The molecule has 5 nitrogen and oxygen atoms in total. The summed E-state index contributed by atoms with van der Waals surface area (Å²) in [5.74, 6) is 1.42. The van der Waals surface area contributed by atoms with E-state index in [1.54, 1.807) is 18.6 Å². The molecule has 1 aliphatic heterocycles. The topological polar surface area (TPSA) is 54.7 Å². The normalized spacial score (nSPS) is 16.4. The first-order valence-corrected chi connectivity index (χ1v) is 9.30. The van der Waals surface area contributed by atoms with Gasteiger partial charge in [-0.3, -0.25) is 9.69 Å². The Bertz CT molecular complexity index is 702. The number of rotatable bonds is 6. The average molecular weight is 364 g/mol. The van der Waals surface area contributed by atoms with Crippen LogP contribution >= 0.6 is 11.8 Å². The lowest BCUT2D eigenvalue weighted by molar-refractivity contribution is 0.0934. The zero-order valence-electron chi connectivity index (χ0n) is 14.0. The van der Waals surface area contributed by atoms with Crippen LogP contribution in [0.4, 0.5) is 4.39 Å². The van der Waals surface area contributed by atoms with E-state index in [2.05, 4.69) is 10.2 Å². The van der Waals surface area contributed by atoms with E-state index in [1.807, 2.05) is 17.8 Å². The van der Waals surface area contributed by atoms with Crippen LogP contribution in [0.25, 0.3) is 0 Å². The molecule has 1 fully saturated rings. The van der Waals surface area contributed by atoms with E-state index in [0.717, 1.165) is 30.2 Å². The van der Waals surface area contributed by atoms with Crippen LogP contribution in [0.15, 0.2) is 41.2 Å². The zero-order valence-corrected chi connectivity index (χ0v) is 14.9. The molecule has 25 heavy (non-hydrogen) atoms. The molecule has 0 spiro atoms. The van der Waals surface area contributed by atoms with Crippen molar-refractivity contribution in [1.29, 1.82) is 0 Å². The van der Waals surface area contributed by atoms with Gasteiger partial charge in [0.2, 0.25) is 0 Å². The third-order valence-corrected chi connectivity index (χ3v) is 5.23. The molecule has 1 aromatic carbocycles. The second kappa shape index (κ2) is 8.40. The van der Waals surface area contributed by atoms with Crippen molar-refractivity contribution in [1.82, 2.24) is 10.2 Å². The van der Waals surface area contributed by atoms with E-state index >= 15 is 0 Å². The molecule has 0 aliphatic carbocycles. The highest BCUT2D eigenvalue weighted by molar-refractivity contribution is 7.99. The van der Waals surface area contributed by atoms with E-state index in [4.69, 9.17) is 9.15 Å². The minimum absolute atomic E-state index is 0.0479. The van der Waals surface area contributed by atoms with Gasteiger partial charge in [-0.05, 0) is 24.3 Å². The quantitative estimate of drug-likeness (QED) is 0.854. The highest BCUT2D eigenvalue weighted by Gasteiger charge is 2.24. The first kappa shape index (κ1) is 17.8. The maximum atomic E-state index is 13.8. The molecule has 1 atom stereocenters. The number of nitrogens with one attached hydrogen (secondary N) is 1. The second-order valence-electron chi connectivity index (χ2n) is 5.78. The molecular formula is C18H21FN2O3S. The van der Waals surface area contributed by atoms with Gasteiger partial charge >= 0.3 is 0 Å². The largest absolute Gasteiger partial charge is 0.494 e. The van der Waals surface area contributed by atoms with Crippen molar-refractivity contribution >= 4 is 17.7 Å². The summed E-state index contributed by atoms with van der Waals surface area (Å²) < 4.78 is 23.9. The summed E-state index contributed by atoms with van der Waals surface area (Å²) in [5, 5.41) is 2.91. The Morgan fingerprint density at radius 3 is 2.84 bits per heavy atom. The van der Waals surface area contributed by atoms with Crippen molar-refractivity contribution in [3.8, 4) is 5.75 Å². The molecule has 3 rings (SSSR count). The van der Waals surface area contributed by atoms with Gasteiger partial charge in [-0.2, -0.15) is 11.8 Å². The number of hydrogen-bond donors (Lipinski definition) is 1. The predicted molar refractivity (Wildman–Crippen MR) is 95.6 cm³/mol. The van der Waals surface area contributed by atoms with E-state index in [0.29, 0.717) is 6.54 Å². The Balaban J connectivity index is 1.68. The van der Waals surface area contributed by atoms with Gasteiger partial charge in [-0.15, -0.1) is 0 Å². The summed E-state index contributed by atoms with van der Waals surface area (Å²) in [4.78, 5) is 14.7. The van der Waals surface area contributed by atoms with Crippen LogP contribution in [-0.2, 0) is 0 Å². The number of nitrogens with zero attached hydrogens (tertiary/aromatic N) is 1. The molecule has 134 valence electrons. The third kappa shape index (κ3) is 4.35. The van der Waals surface area contributed by atoms with Gasteiger partial charge in [0, 0.05) is 42.3 Å². The summed E-state index contributed by atoms with van der Waals surface area (Å²) in [5.41, 5.74) is 1.31. The fourth-order valence-electron chi connectivity index (χ4n) is 2.91. The minimum Gasteiger partial charge on any atom is -0.494 e. The van der Waals surface area contributed by atoms with Crippen LogP contribution in [0.2, 0.25) is 0 Å². The Hall–Kier alpha value is -1.99. The maximum absolute atomic E-state index is 13.8. The second-order valence-corrected chi connectivity index (χ2v) is 7.00. The number of ether oxygens (including phenoxy) is 1. The Morgan fingerprint density at radius 2 is 2.20 bits per heavy atom. The molecular weight excluding hydrogens is 343 g/mol. The summed E-state index contributed by atoms with van der Waals surface area (Å²) in [6.45, 7) is 2.37. The van der Waals surface area contributed by atoms with E-state index < -0.39 is 5.82 Å². The van der Waals surface area contributed by atoms with Crippen LogP contribution in [-0.4, -0.2) is 49.1 Å². The molecule has 1 N–H and O–H groups in total. The number of carbonyl (C=O) groups excluding carboxylic acids is 1. The number of hydrogen-bond acceptors (Lipinski definition) is 5. The van der Waals surface area contributed by atoms with Crippen molar-refractivity contribution in [3.05, 3.63) is 53.7 Å². The van der Waals surface area contributed by atoms with Crippen LogP contribution in [0.5, 0.6) is 5.75 Å². The van der Waals surface area contributed by atoms with E-state index in [9.17, 15) is 9.18 Å². The van der Waals surface area contributed by atoms with Crippen molar-refractivity contribution < 1.29 is 18.3 Å². The van der Waals surface area contributed by atoms with E-state index in [1.165, 1.54) is 19.2 Å². The third-order valence-electron chi connectivity index (χ3n) is 4.28. The highest BCUT2D eigenvalue weighted by Crippen LogP contribution is 2.24. The highest BCUT2D eigenvalue weighted by atomic mass is 32.2. The molecule has 2 heterocycles. The molecule has 1 aromatic heterocycles. The van der Waals surface area contributed by atoms with Crippen LogP contribution in [0, 0.1) is 5.82 Å². The smallest absolute Gasteiger partial charge is 0.251 e. The number of amides is 1. The first-order chi connectivity index (χ1) is 12.2. The molecule has 7 heteroatoms. The van der Waals surface area contributed by atoms with Crippen LogP contribution in [0.1, 0.15) is 22.0 Å². The molecule has 1 saturated heterocycles. The maximum Gasteiger partial charge on any atom is 0.251 e. The van der Waals surface area contributed by atoms with Gasteiger partial charge in [0.25, 0.3) is 5.91 Å². The van der Waals surface area contributed by atoms with Gasteiger partial charge in [-0.1, -0.05) is 0 Å². The van der Waals surface area contributed by atoms with Crippen molar-refractivity contribution in [2.24, 2.45) is 0 Å². The number of halogens is 1. The summed E-state index contributed by atoms with van der Waals surface area (Å²) in [6, 6.07) is 6.18. The fraction of sp³-hybridized carbons (Fsp3) is 0.389. The molecule has 0 radical (unpaired) electrons. The van der Waals surface area contributed by atoms with Gasteiger partial charge in [-0.25, -0.2) is 4.39 Å².